The van der Waals surface area contributed by atoms with E-state index in [-0.39, 0.29) is 16.3 Å². The lowest BCUT2D eigenvalue weighted by atomic mass is 10.0. The number of rotatable bonds is 3. The monoisotopic (exact) mass is 330 g/mol. The van der Waals surface area contributed by atoms with Crippen LogP contribution in [0.25, 0.3) is 22.6 Å². The number of aryl methyl sites for hydroxylation is 2. The van der Waals surface area contributed by atoms with Crippen LogP contribution in [-0.4, -0.2) is 23.2 Å². The lowest BCUT2D eigenvalue weighted by Crippen LogP contribution is -2.01. The average Bonchev–Trinajstić information content (AvgIpc) is 2.93. The fourth-order valence-electron chi connectivity index (χ4n) is 2.24. The fourth-order valence-corrected chi connectivity index (χ4v) is 2.95. The van der Waals surface area contributed by atoms with Crippen LogP contribution in [0.2, 0.25) is 0 Å². The van der Waals surface area contributed by atoms with Crippen molar-refractivity contribution in [1.29, 1.82) is 0 Å². The standard InChI is InChI=1S/C16H14N2O4S/c1-10-3-5-12(6-4-10)13-7-8-14(15(9-13)23(19,20)21)16-18-17-11(2)22-16/h3-9H,1-2H3,(H,19,20,21). The number of hydrogen-bond donors (Lipinski definition) is 1. The molecule has 3 rings (SSSR count). The molecule has 1 heterocycles. The van der Waals surface area contributed by atoms with Gasteiger partial charge in [0.15, 0.2) is 0 Å². The van der Waals surface area contributed by atoms with E-state index in [2.05, 4.69) is 10.2 Å². The van der Waals surface area contributed by atoms with Gasteiger partial charge in [0.2, 0.25) is 11.8 Å². The Labute approximate surface area is 133 Å². The van der Waals surface area contributed by atoms with Gasteiger partial charge in [0.25, 0.3) is 10.1 Å². The lowest BCUT2D eigenvalue weighted by Gasteiger charge is -2.08. The van der Waals surface area contributed by atoms with E-state index in [9.17, 15) is 13.0 Å². The predicted molar refractivity (Wildman–Crippen MR) is 84.5 cm³/mol. The molecule has 0 bridgehead atoms. The van der Waals surface area contributed by atoms with Gasteiger partial charge in [-0.3, -0.25) is 4.55 Å². The Morgan fingerprint density at radius 2 is 1.61 bits per heavy atom. The minimum absolute atomic E-state index is 0.0468. The molecule has 0 unspecified atom stereocenters. The number of aromatic nitrogens is 2. The molecule has 3 aromatic rings. The maximum Gasteiger partial charge on any atom is 0.295 e. The van der Waals surface area contributed by atoms with E-state index in [1.807, 2.05) is 31.2 Å². The van der Waals surface area contributed by atoms with Crippen LogP contribution in [0.15, 0.2) is 51.8 Å². The van der Waals surface area contributed by atoms with Gasteiger partial charge in [0.1, 0.15) is 4.90 Å². The molecule has 6 nitrogen and oxygen atoms in total. The van der Waals surface area contributed by atoms with Crippen LogP contribution in [0.5, 0.6) is 0 Å². The fraction of sp³-hybridized carbons (Fsp3) is 0.125. The number of nitrogens with zero attached hydrogens (tertiary/aromatic N) is 2. The van der Waals surface area contributed by atoms with Crippen molar-refractivity contribution in [3.05, 3.63) is 53.9 Å². The third-order valence-electron chi connectivity index (χ3n) is 3.40. The zero-order valence-corrected chi connectivity index (χ0v) is 13.3. The smallest absolute Gasteiger partial charge is 0.295 e. The first-order chi connectivity index (χ1) is 10.8. The zero-order chi connectivity index (χ0) is 16.6. The molecule has 23 heavy (non-hydrogen) atoms. The van der Waals surface area contributed by atoms with Crippen molar-refractivity contribution in [1.82, 2.24) is 10.2 Å². The molecule has 1 N–H and O–H groups in total. The van der Waals surface area contributed by atoms with Gasteiger partial charge >= 0.3 is 0 Å². The summed E-state index contributed by atoms with van der Waals surface area (Å²) in [5, 5.41) is 7.50. The second-order valence-electron chi connectivity index (χ2n) is 5.18. The van der Waals surface area contributed by atoms with Crippen molar-refractivity contribution in [3.8, 4) is 22.6 Å². The summed E-state index contributed by atoms with van der Waals surface area (Å²) >= 11 is 0. The van der Waals surface area contributed by atoms with Gasteiger partial charge in [0.05, 0.1) is 5.56 Å². The van der Waals surface area contributed by atoms with Gasteiger partial charge in [-0.1, -0.05) is 35.9 Å². The number of benzene rings is 2. The summed E-state index contributed by atoms with van der Waals surface area (Å²) in [6.45, 7) is 3.57. The predicted octanol–water partition coefficient (Wildman–Crippen LogP) is 3.27. The molecule has 0 atom stereocenters. The zero-order valence-electron chi connectivity index (χ0n) is 12.5. The summed E-state index contributed by atoms with van der Waals surface area (Å²) in [7, 11) is -4.44. The van der Waals surface area contributed by atoms with Crippen LogP contribution < -0.4 is 0 Å². The van der Waals surface area contributed by atoms with Gasteiger partial charge in [-0.2, -0.15) is 8.42 Å². The van der Waals surface area contributed by atoms with Gasteiger partial charge < -0.3 is 4.42 Å². The molecular weight excluding hydrogens is 316 g/mol. The summed E-state index contributed by atoms with van der Waals surface area (Å²) in [6.07, 6.45) is 0. The van der Waals surface area contributed by atoms with Crippen molar-refractivity contribution in [2.75, 3.05) is 0 Å². The normalized spacial score (nSPS) is 11.6. The first kappa shape index (κ1) is 15.4. The van der Waals surface area contributed by atoms with E-state index >= 15 is 0 Å². The van der Waals surface area contributed by atoms with E-state index in [4.69, 9.17) is 4.42 Å². The Morgan fingerprint density at radius 1 is 0.957 bits per heavy atom. The molecule has 0 aliphatic heterocycles. The van der Waals surface area contributed by atoms with Crippen LogP contribution in [0.3, 0.4) is 0 Å². The highest BCUT2D eigenvalue weighted by atomic mass is 32.2. The molecule has 0 amide bonds. The van der Waals surface area contributed by atoms with E-state index in [0.29, 0.717) is 11.5 Å². The van der Waals surface area contributed by atoms with E-state index in [1.165, 1.54) is 6.07 Å². The molecule has 0 radical (unpaired) electrons. The summed E-state index contributed by atoms with van der Waals surface area (Å²) in [6, 6.07) is 12.3. The highest BCUT2D eigenvalue weighted by Gasteiger charge is 2.21. The van der Waals surface area contributed by atoms with Gasteiger partial charge in [-0.15, -0.1) is 10.2 Å². The Hall–Kier alpha value is -2.51. The van der Waals surface area contributed by atoms with E-state index in [1.54, 1.807) is 19.1 Å². The summed E-state index contributed by atoms with van der Waals surface area (Å²) in [4.78, 5) is -0.265. The first-order valence-corrected chi connectivity index (χ1v) is 8.27. The maximum atomic E-state index is 11.7. The van der Waals surface area contributed by atoms with Crippen LogP contribution >= 0.6 is 0 Å². The second-order valence-corrected chi connectivity index (χ2v) is 6.57. The van der Waals surface area contributed by atoms with Crippen LogP contribution in [0, 0.1) is 13.8 Å². The molecule has 0 fully saturated rings. The largest absolute Gasteiger partial charge is 0.421 e. The maximum absolute atomic E-state index is 11.7. The minimum atomic E-state index is -4.44. The highest BCUT2D eigenvalue weighted by Crippen LogP contribution is 2.31. The molecule has 0 saturated heterocycles. The average molecular weight is 330 g/mol. The Balaban J connectivity index is 2.18. The van der Waals surface area contributed by atoms with Gasteiger partial charge in [-0.05, 0) is 30.2 Å². The van der Waals surface area contributed by atoms with E-state index < -0.39 is 10.1 Å². The van der Waals surface area contributed by atoms with Gasteiger partial charge in [0, 0.05) is 6.92 Å². The minimum Gasteiger partial charge on any atom is -0.421 e. The molecule has 0 aliphatic rings. The highest BCUT2D eigenvalue weighted by molar-refractivity contribution is 7.86. The third kappa shape index (κ3) is 3.15. The molecule has 0 spiro atoms. The first-order valence-electron chi connectivity index (χ1n) is 6.83. The Kier molecular flexibility index (Phi) is 3.75. The molecule has 1 aromatic heterocycles. The van der Waals surface area contributed by atoms with Crippen molar-refractivity contribution >= 4 is 10.1 Å². The molecule has 0 aliphatic carbocycles. The number of hydrogen-bond acceptors (Lipinski definition) is 5. The Bertz CT molecular complexity index is 960. The second kappa shape index (κ2) is 5.60. The van der Waals surface area contributed by atoms with E-state index in [0.717, 1.165) is 11.1 Å². The quantitative estimate of drug-likeness (QED) is 0.741. The van der Waals surface area contributed by atoms with Crippen LogP contribution in [0.4, 0.5) is 0 Å². The summed E-state index contributed by atoms with van der Waals surface area (Å²) in [5.41, 5.74) is 2.78. The summed E-state index contributed by atoms with van der Waals surface area (Å²) < 4.78 is 38.3. The SMILES string of the molecule is Cc1ccc(-c2ccc(-c3nnc(C)o3)c(S(=O)(=O)O)c2)cc1. The van der Waals surface area contributed by atoms with Crippen molar-refractivity contribution < 1.29 is 17.4 Å². The topological polar surface area (TPSA) is 93.3 Å². The third-order valence-corrected chi connectivity index (χ3v) is 4.29. The summed E-state index contributed by atoms with van der Waals surface area (Å²) in [5.74, 6) is 0.356. The molecule has 2 aromatic carbocycles. The lowest BCUT2D eigenvalue weighted by molar-refractivity contribution is 0.482. The van der Waals surface area contributed by atoms with Gasteiger partial charge in [-0.25, -0.2) is 0 Å². The molecular formula is C16H14N2O4S. The van der Waals surface area contributed by atoms with Crippen molar-refractivity contribution in [3.63, 3.8) is 0 Å². The van der Waals surface area contributed by atoms with Crippen molar-refractivity contribution in [2.24, 2.45) is 0 Å². The molecule has 118 valence electrons. The van der Waals surface area contributed by atoms with Crippen molar-refractivity contribution in [2.45, 2.75) is 18.7 Å². The van der Waals surface area contributed by atoms with Crippen LogP contribution in [0.1, 0.15) is 11.5 Å². The van der Waals surface area contributed by atoms with Crippen LogP contribution in [-0.2, 0) is 10.1 Å². The Morgan fingerprint density at radius 3 is 2.17 bits per heavy atom. The molecule has 7 heteroatoms. The molecule has 0 saturated carbocycles.